The van der Waals surface area contributed by atoms with E-state index in [1.165, 1.54) is 12.0 Å². The molecule has 4 nitrogen and oxygen atoms in total. The third-order valence-corrected chi connectivity index (χ3v) is 6.24. The number of aryl methyl sites for hydroxylation is 1. The highest BCUT2D eigenvalue weighted by molar-refractivity contribution is 8.00. The van der Waals surface area contributed by atoms with E-state index in [0.717, 1.165) is 56.8 Å². The molecule has 0 aliphatic carbocycles. The number of benzene rings is 1. The lowest BCUT2D eigenvalue weighted by molar-refractivity contribution is -0.140. The van der Waals surface area contributed by atoms with E-state index in [0.29, 0.717) is 11.7 Å². The monoisotopic (exact) mass is 360 g/mol. The Morgan fingerprint density at radius 3 is 2.24 bits per heavy atom. The number of hydrogen-bond acceptors (Lipinski definition) is 3. The van der Waals surface area contributed by atoms with Crippen molar-refractivity contribution in [3.05, 3.63) is 29.8 Å². The second kappa shape index (κ2) is 8.75. The van der Waals surface area contributed by atoms with Crippen LogP contribution in [0, 0.1) is 12.8 Å². The smallest absolute Gasteiger partial charge is 0.232 e. The number of nitrogens with zero attached hydrogens (tertiary/aromatic N) is 2. The number of thioether (sulfide) groups is 1. The minimum Gasteiger partial charge on any atom is -0.342 e. The maximum absolute atomic E-state index is 12.6. The molecule has 0 saturated carbocycles. The first-order chi connectivity index (χ1) is 12.1. The fourth-order valence-corrected chi connectivity index (χ4v) is 4.42. The summed E-state index contributed by atoms with van der Waals surface area (Å²) in [4.78, 5) is 30.1. The van der Waals surface area contributed by atoms with Crippen molar-refractivity contribution in [2.45, 2.75) is 43.9 Å². The SMILES string of the molecule is Cc1ccc(SCC(=O)N2CCC(C(=O)N3CCCCC3)CC2)cc1. The molecule has 2 saturated heterocycles. The molecule has 136 valence electrons. The van der Waals surface area contributed by atoms with E-state index in [1.54, 1.807) is 11.8 Å². The fourth-order valence-electron chi connectivity index (χ4n) is 3.62. The topological polar surface area (TPSA) is 40.6 Å². The van der Waals surface area contributed by atoms with Crippen LogP contribution in [0.15, 0.2) is 29.2 Å². The van der Waals surface area contributed by atoms with Crippen LogP contribution in [0.1, 0.15) is 37.7 Å². The van der Waals surface area contributed by atoms with Crippen LogP contribution in [0.5, 0.6) is 0 Å². The Hall–Kier alpha value is -1.49. The molecule has 1 aromatic carbocycles. The molecule has 0 atom stereocenters. The largest absolute Gasteiger partial charge is 0.342 e. The molecule has 3 rings (SSSR count). The van der Waals surface area contributed by atoms with Gasteiger partial charge in [0.05, 0.1) is 5.75 Å². The van der Waals surface area contributed by atoms with Crippen LogP contribution in [-0.2, 0) is 9.59 Å². The summed E-state index contributed by atoms with van der Waals surface area (Å²) in [5.41, 5.74) is 1.23. The lowest BCUT2D eigenvalue weighted by Crippen LogP contribution is -2.46. The molecule has 0 unspecified atom stereocenters. The van der Waals surface area contributed by atoms with Crippen molar-refractivity contribution in [1.29, 1.82) is 0 Å². The Morgan fingerprint density at radius 1 is 0.960 bits per heavy atom. The zero-order valence-corrected chi connectivity index (χ0v) is 15.9. The van der Waals surface area contributed by atoms with Crippen molar-refractivity contribution in [3.63, 3.8) is 0 Å². The molecule has 2 aliphatic heterocycles. The first-order valence-corrected chi connectivity index (χ1v) is 10.4. The minimum atomic E-state index is 0.118. The molecule has 0 bridgehead atoms. The highest BCUT2D eigenvalue weighted by Crippen LogP contribution is 2.24. The minimum absolute atomic E-state index is 0.118. The van der Waals surface area contributed by atoms with Gasteiger partial charge in [-0.15, -0.1) is 11.8 Å². The highest BCUT2D eigenvalue weighted by Gasteiger charge is 2.30. The normalized spacial score (nSPS) is 19.1. The summed E-state index contributed by atoms with van der Waals surface area (Å²) in [5, 5.41) is 0. The van der Waals surface area contributed by atoms with Crippen molar-refractivity contribution in [1.82, 2.24) is 9.80 Å². The molecular formula is C20H28N2O2S. The summed E-state index contributed by atoms with van der Waals surface area (Å²) < 4.78 is 0. The van der Waals surface area contributed by atoms with Crippen molar-refractivity contribution in [3.8, 4) is 0 Å². The summed E-state index contributed by atoms with van der Waals surface area (Å²) in [7, 11) is 0. The molecule has 0 radical (unpaired) electrons. The Bertz CT molecular complexity index is 588. The van der Waals surface area contributed by atoms with Gasteiger partial charge < -0.3 is 9.80 Å². The lowest BCUT2D eigenvalue weighted by Gasteiger charge is -2.35. The van der Waals surface area contributed by atoms with Crippen LogP contribution in [0.25, 0.3) is 0 Å². The van der Waals surface area contributed by atoms with E-state index in [-0.39, 0.29) is 11.8 Å². The van der Waals surface area contributed by atoms with Gasteiger partial charge >= 0.3 is 0 Å². The van der Waals surface area contributed by atoms with Gasteiger partial charge in [-0.2, -0.15) is 0 Å². The van der Waals surface area contributed by atoms with Gasteiger partial charge in [0, 0.05) is 37.0 Å². The van der Waals surface area contributed by atoms with Gasteiger partial charge in [-0.3, -0.25) is 9.59 Å². The number of hydrogen-bond donors (Lipinski definition) is 0. The van der Waals surface area contributed by atoms with Crippen molar-refractivity contribution in [2.75, 3.05) is 31.9 Å². The maximum atomic E-state index is 12.6. The van der Waals surface area contributed by atoms with Crippen LogP contribution >= 0.6 is 11.8 Å². The number of likely N-dealkylation sites (tertiary alicyclic amines) is 2. The van der Waals surface area contributed by atoms with E-state index in [2.05, 4.69) is 31.2 Å². The predicted molar refractivity (Wildman–Crippen MR) is 102 cm³/mol. The summed E-state index contributed by atoms with van der Waals surface area (Å²) in [6.45, 7) is 5.35. The van der Waals surface area contributed by atoms with Crippen LogP contribution in [0.2, 0.25) is 0 Å². The van der Waals surface area contributed by atoms with Gasteiger partial charge in [0.2, 0.25) is 11.8 Å². The molecule has 0 aromatic heterocycles. The van der Waals surface area contributed by atoms with Crippen LogP contribution in [0.4, 0.5) is 0 Å². The van der Waals surface area contributed by atoms with Gasteiger partial charge in [0.1, 0.15) is 0 Å². The second-order valence-electron chi connectivity index (χ2n) is 7.14. The first kappa shape index (κ1) is 18.3. The number of carbonyl (C=O) groups excluding carboxylic acids is 2. The molecule has 2 fully saturated rings. The van der Waals surface area contributed by atoms with E-state index in [1.807, 2.05) is 9.80 Å². The van der Waals surface area contributed by atoms with E-state index in [9.17, 15) is 9.59 Å². The van der Waals surface area contributed by atoms with Gasteiger partial charge in [0.25, 0.3) is 0 Å². The molecule has 5 heteroatoms. The summed E-state index contributed by atoms with van der Waals surface area (Å²) in [6, 6.07) is 8.28. The number of carbonyl (C=O) groups is 2. The van der Waals surface area contributed by atoms with Gasteiger partial charge in [-0.1, -0.05) is 17.7 Å². The second-order valence-corrected chi connectivity index (χ2v) is 8.19. The van der Waals surface area contributed by atoms with Crippen LogP contribution in [0.3, 0.4) is 0 Å². The lowest BCUT2D eigenvalue weighted by atomic mass is 9.94. The third kappa shape index (κ3) is 5.00. The molecule has 1 aromatic rings. The van der Waals surface area contributed by atoms with E-state index >= 15 is 0 Å². The third-order valence-electron chi connectivity index (χ3n) is 5.25. The molecule has 25 heavy (non-hydrogen) atoms. The molecule has 0 spiro atoms. The molecule has 2 amide bonds. The van der Waals surface area contributed by atoms with E-state index in [4.69, 9.17) is 0 Å². The number of rotatable bonds is 4. The molecule has 2 heterocycles. The summed E-state index contributed by atoms with van der Waals surface area (Å²) >= 11 is 1.59. The molecular weight excluding hydrogens is 332 g/mol. The van der Waals surface area contributed by atoms with Crippen molar-refractivity contribution in [2.24, 2.45) is 5.92 Å². The standard InChI is InChI=1S/C20H28N2O2S/c1-16-5-7-18(8-6-16)25-15-19(23)21-13-9-17(10-14-21)20(24)22-11-3-2-4-12-22/h5-8,17H,2-4,9-15H2,1H3. The fraction of sp³-hybridized carbons (Fsp3) is 0.600. The average Bonchev–Trinajstić information content (AvgIpc) is 2.67. The van der Waals surface area contributed by atoms with E-state index < -0.39 is 0 Å². The first-order valence-electron chi connectivity index (χ1n) is 9.39. The maximum Gasteiger partial charge on any atom is 0.232 e. The van der Waals surface area contributed by atoms with Crippen molar-refractivity contribution >= 4 is 23.6 Å². The predicted octanol–water partition coefficient (Wildman–Crippen LogP) is 3.34. The van der Waals surface area contributed by atoms with Gasteiger partial charge in [0.15, 0.2) is 0 Å². The molecule has 2 aliphatic rings. The van der Waals surface area contributed by atoms with Crippen molar-refractivity contribution < 1.29 is 9.59 Å². The average molecular weight is 361 g/mol. The Morgan fingerprint density at radius 2 is 1.60 bits per heavy atom. The zero-order valence-electron chi connectivity index (χ0n) is 15.1. The Labute approximate surface area is 154 Å². The summed E-state index contributed by atoms with van der Waals surface area (Å²) in [5.74, 6) is 1.11. The Kier molecular flexibility index (Phi) is 6.40. The summed E-state index contributed by atoms with van der Waals surface area (Å²) in [6.07, 6.45) is 5.15. The van der Waals surface area contributed by atoms with Gasteiger partial charge in [-0.05, 0) is 51.2 Å². The van der Waals surface area contributed by atoms with Gasteiger partial charge in [-0.25, -0.2) is 0 Å². The zero-order chi connectivity index (χ0) is 17.6. The highest BCUT2D eigenvalue weighted by atomic mass is 32.2. The number of amides is 2. The number of piperidine rings is 2. The molecule has 0 N–H and O–H groups in total. The van der Waals surface area contributed by atoms with Crippen LogP contribution < -0.4 is 0 Å². The quantitative estimate of drug-likeness (QED) is 0.773. The Balaban J connectivity index is 1.42. The van der Waals surface area contributed by atoms with Crippen LogP contribution in [-0.4, -0.2) is 53.5 Å².